The summed E-state index contributed by atoms with van der Waals surface area (Å²) in [6, 6.07) is 13.4. The van der Waals surface area contributed by atoms with E-state index >= 15 is 0 Å². The van der Waals surface area contributed by atoms with Crippen molar-refractivity contribution in [2.24, 2.45) is 0 Å². The molecule has 3 aromatic rings. The number of pyridine rings is 1. The number of anilines is 1. The zero-order chi connectivity index (χ0) is 21.0. The van der Waals surface area contributed by atoms with Crippen LogP contribution in [0, 0.1) is 0 Å². The molecule has 0 saturated carbocycles. The quantitative estimate of drug-likeness (QED) is 0.636. The second-order valence-electron chi connectivity index (χ2n) is 5.90. The van der Waals surface area contributed by atoms with Gasteiger partial charge in [0.15, 0.2) is 5.03 Å². The zero-order valence-electron chi connectivity index (χ0n) is 15.5. The van der Waals surface area contributed by atoms with E-state index in [1.807, 2.05) is 0 Å². The Bertz CT molecular complexity index is 1110. The molecule has 0 spiro atoms. The molecule has 0 unspecified atom stereocenters. The fourth-order valence-electron chi connectivity index (χ4n) is 2.49. The summed E-state index contributed by atoms with van der Waals surface area (Å²) in [5.74, 6) is 0.576. The van der Waals surface area contributed by atoms with Gasteiger partial charge in [0.05, 0.1) is 24.7 Å². The lowest BCUT2D eigenvalue weighted by molar-refractivity contribution is 0.102. The standard InChI is InChI=1S/C20H17ClN2O5S/c1-27-16-9-15(10-17(11-16)28-2)23-20(24)13-3-8-19(22-12-13)29(25,26)18-6-4-14(21)5-7-18/h3-12H,1-2H3,(H,23,24). The first-order valence-electron chi connectivity index (χ1n) is 8.34. The van der Waals surface area contributed by atoms with Crippen molar-refractivity contribution in [3.05, 3.63) is 71.4 Å². The van der Waals surface area contributed by atoms with Crippen LogP contribution in [0.15, 0.2) is 70.7 Å². The number of hydrogen-bond donors (Lipinski definition) is 1. The van der Waals surface area contributed by atoms with Gasteiger partial charge in [-0.15, -0.1) is 0 Å². The minimum atomic E-state index is -3.81. The Labute approximate surface area is 173 Å². The Kier molecular flexibility index (Phi) is 6.05. The van der Waals surface area contributed by atoms with Crippen LogP contribution in [0.25, 0.3) is 0 Å². The number of aromatic nitrogens is 1. The van der Waals surface area contributed by atoms with Gasteiger partial charge in [0.2, 0.25) is 9.84 Å². The lowest BCUT2D eigenvalue weighted by Crippen LogP contribution is -2.13. The Morgan fingerprint density at radius 1 is 0.966 bits per heavy atom. The maximum absolute atomic E-state index is 12.6. The molecule has 1 N–H and O–H groups in total. The SMILES string of the molecule is COc1cc(NC(=O)c2ccc(S(=O)(=O)c3ccc(Cl)cc3)nc2)cc(OC)c1. The Morgan fingerprint density at radius 3 is 2.10 bits per heavy atom. The monoisotopic (exact) mass is 432 g/mol. The Hall–Kier alpha value is -3.10. The number of ether oxygens (including phenoxy) is 2. The van der Waals surface area contributed by atoms with Crippen LogP contribution in [0.4, 0.5) is 5.69 Å². The van der Waals surface area contributed by atoms with Gasteiger partial charge in [0.25, 0.3) is 5.91 Å². The Balaban J connectivity index is 1.81. The number of benzene rings is 2. The molecule has 9 heteroatoms. The highest BCUT2D eigenvalue weighted by Crippen LogP contribution is 2.26. The van der Waals surface area contributed by atoms with E-state index in [1.54, 1.807) is 18.2 Å². The highest BCUT2D eigenvalue weighted by molar-refractivity contribution is 7.91. The van der Waals surface area contributed by atoms with Crippen molar-refractivity contribution in [3.8, 4) is 11.5 Å². The van der Waals surface area contributed by atoms with Gasteiger partial charge in [-0.1, -0.05) is 11.6 Å². The molecule has 0 aliphatic heterocycles. The van der Waals surface area contributed by atoms with E-state index in [2.05, 4.69) is 10.3 Å². The molecule has 7 nitrogen and oxygen atoms in total. The molecule has 0 atom stereocenters. The summed E-state index contributed by atoms with van der Waals surface area (Å²) >= 11 is 5.80. The summed E-state index contributed by atoms with van der Waals surface area (Å²) < 4.78 is 35.6. The van der Waals surface area contributed by atoms with Crippen molar-refractivity contribution < 1.29 is 22.7 Å². The molecule has 2 aromatic carbocycles. The summed E-state index contributed by atoms with van der Waals surface area (Å²) in [6.45, 7) is 0. The van der Waals surface area contributed by atoms with E-state index < -0.39 is 15.7 Å². The van der Waals surface area contributed by atoms with Crippen LogP contribution in [0.3, 0.4) is 0 Å². The molecule has 0 bridgehead atoms. The van der Waals surface area contributed by atoms with E-state index in [0.29, 0.717) is 22.2 Å². The first-order chi connectivity index (χ1) is 13.8. The van der Waals surface area contributed by atoms with E-state index in [9.17, 15) is 13.2 Å². The third-order valence-electron chi connectivity index (χ3n) is 4.01. The minimum absolute atomic E-state index is 0.0649. The van der Waals surface area contributed by atoms with Crippen molar-refractivity contribution in [2.75, 3.05) is 19.5 Å². The molecule has 0 radical (unpaired) electrons. The van der Waals surface area contributed by atoms with E-state index in [0.717, 1.165) is 0 Å². The fraction of sp³-hybridized carbons (Fsp3) is 0.100. The molecule has 1 heterocycles. The number of carbonyl (C=O) groups is 1. The predicted octanol–water partition coefficient (Wildman–Crippen LogP) is 3.84. The van der Waals surface area contributed by atoms with E-state index in [1.165, 1.54) is 56.8 Å². The molecule has 0 fully saturated rings. The summed E-state index contributed by atoms with van der Waals surface area (Å²) in [4.78, 5) is 16.5. The molecule has 1 aromatic heterocycles. The molecular formula is C20H17ClN2O5S. The average molecular weight is 433 g/mol. The first-order valence-corrected chi connectivity index (χ1v) is 10.2. The molecular weight excluding hydrogens is 416 g/mol. The van der Waals surface area contributed by atoms with Gasteiger partial charge in [0.1, 0.15) is 11.5 Å². The van der Waals surface area contributed by atoms with Crippen molar-refractivity contribution in [2.45, 2.75) is 9.92 Å². The van der Waals surface area contributed by atoms with Gasteiger partial charge < -0.3 is 14.8 Å². The largest absolute Gasteiger partial charge is 0.497 e. The van der Waals surface area contributed by atoms with Gasteiger partial charge in [0, 0.05) is 35.1 Å². The summed E-state index contributed by atoms with van der Waals surface area (Å²) in [5.41, 5.74) is 0.658. The molecule has 0 saturated heterocycles. The van der Waals surface area contributed by atoms with Crippen molar-refractivity contribution in [1.29, 1.82) is 0 Å². The summed E-state index contributed by atoms with van der Waals surface area (Å²) in [7, 11) is -0.801. The van der Waals surface area contributed by atoms with Crippen LogP contribution >= 0.6 is 11.6 Å². The summed E-state index contributed by atoms with van der Waals surface area (Å²) in [5, 5.41) is 2.96. The van der Waals surface area contributed by atoms with Gasteiger partial charge in [-0.2, -0.15) is 0 Å². The lowest BCUT2D eigenvalue weighted by Gasteiger charge is -2.10. The number of halogens is 1. The maximum Gasteiger partial charge on any atom is 0.257 e. The smallest absolute Gasteiger partial charge is 0.257 e. The lowest BCUT2D eigenvalue weighted by atomic mass is 10.2. The molecule has 29 heavy (non-hydrogen) atoms. The van der Waals surface area contributed by atoms with E-state index in [4.69, 9.17) is 21.1 Å². The van der Waals surface area contributed by atoms with Crippen LogP contribution in [0.2, 0.25) is 5.02 Å². The fourth-order valence-corrected chi connectivity index (χ4v) is 3.79. The number of sulfone groups is 1. The third-order valence-corrected chi connectivity index (χ3v) is 5.94. The van der Waals surface area contributed by atoms with Gasteiger partial charge >= 0.3 is 0 Å². The number of rotatable bonds is 6. The van der Waals surface area contributed by atoms with Gasteiger partial charge in [-0.25, -0.2) is 13.4 Å². The highest BCUT2D eigenvalue weighted by Gasteiger charge is 2.20. The number of methoxy groups -OCH3 is 2. The number of hydrogen-bond acceptors (Lipinski definition) is 6. The van der Waals surface area contributed by atoms with Crippen molar-refractivity contribution in [1.82, 2.24) is 4.98 Å². The number of amides is 1. The number of carbonyl (C=O) groups excluding carboxylic acids is 1. The van der Waals surface area contributed by atoms with Crippen LogP contribution in [0.5, 0.6) is 11.5 Å². The van der Waals surface area contributed by atoms with Gasteiger partial charge in [-0.3, -0.25) is 4.79 Å². The van der Waals surface area contributed by atoms with E-state index in [-0.39, 0.29) is 15.5 Å². The zero-order valence-corrected chi connectivity index (χ0v) is 17.1. The normalized spacial score (nSPS) is 11.0. The van der Waals surface area contributed by atoms with Crippen LogP contribution in [0.1, 0.15) is 10.4 Å². The van der Waals surface area contributed by atoms with Crippen LogP contribution in [-0.2, 0) is 9.84 Å². The first kappa shape index (κ1) is 20.6. The minimum Gasteiger partial charge on any atom is -0.497 e. The van der Waals surface area contributed by atoms with Crippen LogP contribution in [-0.4, -0.2) is 33.5 Å². The molecule has 3 rings (SSSR count). The maximum atomic E-state index is 12.6. The average Bonchev–Trinajstić information content (AvgIpc) is 2.73. The molecule has 0 aliphatic carbocycles. The number of nitrogens with one attached hydrogen (secondary N) is 1. The third kappa shape index (κ3) is 4.67. The molecule has 1 amide bonds. The molecule has 0 aliphatic rings. The van der Waals surface area contributed by atoms with Crippen LogP contribution < -0.4 is 14.8 Å². The Morgan fingerprint density at radius 2 is 1.59 bits per heavy atom. The van der Waals surface area contributed by atoms with Crippen molar-refractivity contribution >= 4 is 33.0 Å². The predicted molar refractivity (Wildman–Crippen MR) is 109 cm³/mol. The second-order valence-corrected chi connectivity index (χ2v) is 8.23. The van der Waals surface area contributed by atoms with Crippen molar-refractivity contribution in [3.63, 3.8) is 0 Å². The second kappa shape index (κ2) is 8.50. The molecule has 150 valence electrons. The van der Waals surface area contributed by atoms with Gasteiger partial charge in [-0.05, 0) is 36.4 Å². The highest BCUT2D eigenvalue weighted by atomic mass is 35.5. The number of nitrogens with zero attached hydrogens (tertiary/aromatic N) is 1. The topological polar surface area (TPSA) is 94.6 Å². The summed E-state index contributed by atoms with van der Waals surface area (Å²) in [6.07, 6.45) is 1.20.